The van der Waals surface area contributed by atoms with Gasteiger partial charge in [-0.1, -0.05) is 11.6 Å². The SMILES string of the molecule is CC(C)Oc1ccc(C(=O)NC(C)c2ccc(Cl)s2)cn1. The summed E-state index contributed by atoms with van der Waals surface area (Å²) < 4.78 is 6.16. The van der Waals surface area contributed by atoms with Crippen LogP contribution in [-0.4, -0.2) is 17.0 Å². The van der Waals surface area contributed by atoms with Gasteiger partial charge >= 0.3 is 0 Å². The number of amides is 1. The van der Waals surface area contributed by atoms with Crippen LogP contribution in [0.5, 0.6) is 5.88 Å². The Balaban J connectivity index is 1.99. The fourth-order valence-electron chi connectivity index (χ4n) is 1.74. The van der Waals surface area contributed by atoms with Crippen LogP contribution in [0.25, 0.3) is 0 Å². The Bertz CT molecular complexity index is 610. The molecule has 2 heterocycles. The van der Waals surface area contributed by atoms with E-state index in [0.29, 0.717) is 15.8 Å². The summed E-state index contributed by atoms with van der Waals surface area (Å²) in [5, 5.41) is 2.92. The van der Waals surface area contributed by atoms with Crippen LogP contribution in [0.2, 0.25) is 4.34 Å². The quantitative estimate of drug-likeness (QED) is 0.901. The third-order valence-electron chi connectivity index (χ3n) is 2.72. The number of ether oxygens (including phenoxy) is 1. The molecule has 1 N–H and O–H groups in total. The molecule has 0 spiro atoms. The Morgan fingerprint density at radius 1 is 1.29 bits per heavy atom. The molecule has 0 aliphatic heterocycles. The number of carbonyl (C=O) groups is 1. The molecule has 112 valence electrons. The summed E-state index contributed by atoms with van der Waals surface area (Å²) in [7, 11) is 0. The molecule has 0 aliphatic rings. The average molecular weight is 325 g/mol. The molecule has 0 fully saturated rings. The highest BCUT2D eigenvalue weighted by atomic mass is 35.5. The molecular weight excluding hydrogens is 308 g/mol. The zero-order valence-corrected chi connectivity index (χ0v) is 13.7. The first kappa shape index (κ1) is 15.8. The van der Waals surface area contributed by atoms with Gasteiger partial charge in [0.2, 0.25) is 5.88 Å². The lowest BCUT2D eigenvalue weighted by molar-refractivity contribution is 0.0940. The van der Waals surface area contributed by atoms with E-state index in [0.717, 1.165) is 4.88 Å². The highest BCUT2D eigenvalue weighted by Crippen LogP contribution is 2.26. The molecule has 0 aliphatic carbocycles. The van der Waals surface area contributed by atoms with Crippen molar-refractivity contribution in [3.05, 3.63) is 45.2 Å². The lowest BCUT2D eigenvalue weighted by Gasteiger charge is -2.12. The molecule has 2 aromatic heterocycles. The van der Waals surface area contributed by atoms with Crippen LogP contribution in [0.4, 0.5) is 0 Å². The summed E-state index contributed by atoms with van der Waals surface area (Å²) in [6.45, 7) is 5.77. The van der Waals surface area contributed by atoms with Gasteiger partial charge in [-0.15, -0.1) is 11.3 Å². The van der Waals surface area contributed by atoms with E-state index in [-0.39, 0.29) is 18.1 Å². The summed E-state index contributed by atoms with van der Waals surface area (Å²) in [6, 6.07) is 7.04. The number of rotatable bonds is 5. The summed E-state index contributed by atoms with van der Waals surface area (Å²) in [4.78, 5) is 17.3. The Kier molecular flexibility index (Phi) is 5.20. The van der Waals surface area contributed by atoms with Gasteiger partial charge < -0.3 is 10.1 Å². The van der Waals surface area contributed by atoms with Crippen LogP contribution in [-0.2, 0) is 0 Å². The van der Waals surface area contributed by atoms with Gasteiger partial charge in [0.25, 0.3) is 5.91 Å². The molecule has 1 amide bonds. The van der Waals surface area contributed by atoms with Crippen molar-refractivity contribution >= 4 is 28.8 Å². The predicted molar refractivity (Wildman–Crippen MR) is 85.2 cm³/mol. The van der Waals surface area contributed by atoms with E-state index in [2.05, 4.69) is 10.3 Å². The molecule has 0 saturated heterocycles. The number of carbonyl (C=O) groups excluding carboxylic acids is 1. The number of hydrogen-bond donors (Lipinski definition) is 1. The number of hydrogen-bond acceptors (Lipinski definition) is 4. The molecule has 6 heteroatoms. The average Bonchev–Trinajstić information content (AvgIpc) is 2.85. The summed E-state index contributed by atoms with van der Waals surface area (Å²) >= 11 is 7.36. The monoisotopic (exact) mass is 324 g/mol. The zero-order valence-electron chi connectivity index (χ0n) is 12.1. The molecule has 21 heavy (non-hydrogen) atoms. The maximum Gasteiger partial charge on any atom is 0.253 e. The Labute approximate surface area is 133 Å². The molecule has 2 aromatic rings. The number of nitrogens with zero attached hydrogens (tertiary/aromatic N) is 1. The lowest BCUT2D eigenvalue weighted by atomic mass is 10.2. The van der Waals surface area contributed by atoms with E-state index in [1.54, 1.807) is 12.1 Å². The fraction of sp³-hybridized carbons (Fsp3) is 0.333. The van der Waals surface area contributed by atoms with E-state index in [1.165, 1.54) is 17.5 Å². The molecule has 2 rings (SSSR count). The topological polar surface area (TPSA) is 51.2 Å². The molecule has 4 nitrogen and oxygen atoms in total. The van der Waals surface area contributed by atoms with Gasteiger partial charge in [0.15, 0.2) is 0 Å². The highest BCUT2D eigenvalue weighted by molar-refractivity contribution is 7.16. The molecule has 0 saturated carbocycles. The minimum Gasteiger partial charge on any atom is -0.475 e. The number of aromatic nitrogens is 1. The predicted octanol–water partition coefficient (Wildman–Crippen LogP) is 4.07. The number of pyridine rings is 1. The summed E-state index contributed by atoms with van der Waals surface area (Å²) in [5.41, 5.74) is 0.501. The third-order valence-corrected chi connectivity index (χ3v) is 4.14. The zero-order chi connectivity index (χ0) is 15.4. The van der Waals surface area contributed by atoms with Crippen LogP contribution in [0.3, 0.4) is 0 Å². The van der Waals surface area contributed by atoms with Crippen molar-refractivity contribution in [2.24, 2.45) is 0 Å². The van der Waals surface area contributed by atoms with Crippen molar-refractivity contribution in [3.63, 3.8) is 0 Å². The van der Waals surface area contributed by atoms with Crippen LogP contribution in [0, 0.1) is 0 Å². The maximum absolute atomic E-state index is 12.1. The Morgan fingerprint density at radius 3 is 2.57 bits per heavy atom. The first-order chi connectivity index (χ1) is 9.95. The minimum atomic E-state index is -0.171. The second-order valence-corrected chi connectivity index (χ2v) is 6.64. The van der Waals surface area contributed by atoms with Gasteiger partial charge in [0.1, 0.15) is 0 Å². The van der Waals surface area contributed by atoms with Gasteiger partial charge in [0, 0.05) is 17.1 Å². The second-order valence-electron chi connectivity index (χ2n) is 4.89. The van der Waals surface area contributed by atoms with Crippen LogP contribution in [0.15, 0.2) is 30.5 Å². The highest BCUT2D eigenvalue weighted by Gasteiger charge is 2.13. The van der Waals surface area contributed by atoms with Crippen molar-refractivity contribution < 1.29 is 9.53 Å². The molecule has 1 unspecified atom stereocenters. The van der Waals surface area contributed by atoms with E-state index < -0.39 is 0 Å². The van der Waals surface area contributed by atoms with Crippen molar-refractivity contribution in [3.8, 4) is 5.88 Å². The third kappa shape index (κ3) is 4.44. The Hall–Kier alpha value is -1.59. The molecule has 0 radical (unpaired) electrons. The van der Waals surface area contributed by atoms with E-state index in [4.69, 9.17) is 16.3 Å². The van der Waals surface area contributed by atoms with Gasteiger partial charge in [-0.05, 0) is 39.0 Å². The number of thiophene rings is 1. The largest absolute Gasteiger partial charge is 0.475 e. The van der Waals surface area contributed by atoms with E-state index in [9.17, 15) is 4.79 Å². The maximum atomic E-state index is 12.1. The first-order valence-corrected chi connectivity index (χ1v) is 7.84. The standard InChI is InChI=1S/C15H17ClN2O2S/c1-9(2)20-14-7-4-11(8-17-14)15(19)18-10(3)12-5-6-13(16)21-12/h4-10H,1-3H3,(H,18,19). The smallest absolute Gasteiger partial charge is 0.253 e. The van der Waals surface area contributed by atoms with Gasteiger partial charge in [-0.2, -0.15) is 0 Å². The van der Waals surface area contributed by atoms with E-state index in [1.807, 2.05) is 32.9 Å². The van der Waals surface area contributed by atoms with E-state index >= 15 is 0 Å². The van der Waals surface area contributed by atoms with Crippen LogP contribution >= 0.6 is 22.9 Å². The van der Waals surface area contributed by atoms with Crippen molar-refractivity contribution in [1.82, 2.24) is 10.3 Å². The molecule has 1 atom stereocenters. The minimum absolute atomic E-state index is 0.0563. The fourth-order valence-corrected chi connectivity index (χ4v) is 2.80. The number of nitrogens with one attached hydrogen (secondary N) is 1. The van der Waals surface area contributed by atoms with Crippen LogP contribution in [0.1, 0.15) is 42.0 Å². The molecule has 0 bridgehead atoms. The summed E-state index contributed by atoms with van der Waals surface area (Å²) in [6.07, 6.45) is 1.57. The van der Waals surface area contributed by atoms with Gasteiger partial charge in [-0.3, -0.25) is 4.79 Å². The van der Waals surface area contributed by atoms with Crippen LogP contribution < -0.4 is 10.1 Å². The van der Waals surface area contributed by atoms with Crippen molar-refractivity contribution in [1.29, 1.82) is 0 Å². The lowest BCUT2D eigenvalue weighted by Crippen LogP contribution is -2.26. The number of halogens is 1. The summed E-state index contributed by atoms with van der Waals surface area (Å²) in [5.74, 6) is 0.343. The molecule has 0 aromatic carbocycles. The normalized spacial score (nSPS) is 12.2. The molecular formula is C15H17ClN2O2S. The second kappa shape index (κ2) is 6.91. The van der Waals surface area contributed by atoms with Crippen molar-refractivity contribution in [2.45, 2.75) is 32.9 Å². The first-order valence-electron chi connectivity index (χ1n) is 6.64. The van der Waals surface area contributed by atoms with Gasteiger partial charge in [-0.25, -0.2) is 4.98 Å². The van der Waals surface area contributed by atoms with Gasteiger partial charge in [0.05, 0.1) is 22.0 Å². The van der Waals surface area contributed by atoms with Crippen molar-refractivity contribution in [2.75, 3.05) is 0 Å². The Morgan fingerprint density at radius 2 is 2.05 bits per heavy atom.